The van der Waals surface area contributed by atoms with Crippen LogP contribution in [0.5, 0.6) is 5.75 Å². The standard InChI is InChI=1S/C23H25ClFN3O3/c1-16(29)27-9-7-26(8-10-27)14-17-5-6-21-18(13-17)15-28(11-12-31-21)23(30)19-3-2-4-20(24)22(19)25/h2-6,13H,7-12,14-15H2,1H3. The second-order valence-corrected chi connectivity index (χ2v) is 8.31. The minimum atomic E-state index is -0.696. The zero-order valence-corrected chi connectivity index (χ0v) is 18.2. The smallest absolute Gasteiger partial charge is 0.257 e. The number of ether oxygens (including phenoxy) is 1. The lowest BCUT2D eigenvalue weighted by Crippen LogP contribution is -2.47. The minimum absolute atomic E-state index is 0.0320. The Morgan fingerprint density at radius 3 is 2.58 bits per heavy atom. The van der Waals surface area contributed by atoms with Gasteiger partial charge in [-0.1, -0.05) is 23.7 Å². The van der Waals surface area contributed by atoms with Crippen molar-refractivity contribution in [2.45, 2.75) is 20.0 Å². The van der Waals surface area contributed by atoms with Gasteiger partial charge in [0.25, 0.3) is 5.91 Å². The van der Waals surface area contributed by atoms with E-state index in [1.807, 2.05) is 23.1 Å². The van der Waals surface area contributed by atoms with Gasteiger partial charge in [-0.05, 0) is 29.8 Å². The highest BCUT2D eigenvalue weighted by atomic mass is 35.5. The van der Waals surface area contributed by atoms with Gasteiger partial charge in [-0.15, -0.1) is 0 Å². The zero-order valence-electron chi connectivity index (χ0n) is 17.4. The van der Waals surface area contributed by atoms with Crippen molar-refractivity contribution in [2.24, 2.45) is 0 Å². The number of carbonyl (C=O) groups is 2. The average molecular weight is 446 g/mol. The van der Waals surface area contributed by atoms with Crippen LogP contribution in [0.3, 0.4) is 0 Å². The van der Waals surface area contributed by atoms with E-state index in [2.05, 4.69) is 4.90 Å². The van der Waals surface area contributed by atoms with Crippen LogP contribution in [0.2, 0.25) is 5.02 Å². The first kappa shape index (κ1) is 21.6. The minimum Gasteiger partial charge on any atom is -0.491 e. The summed E-state index contributed by atoms with van der Waals surface area (Å²) in [5.74, 6) is -0.241. The second-order valence-electron chi connectivity index (χ2n) is 7.90. The third-order valence-corrected chi connectivity index (χ3v) is 6.09. The molecule has 4 rings (SSSR count). The predicted octanol–water partition coefficient (Wildman–Crippen LogP) is 3.18. The molecule has 2 aliphatic heterocycles. The van der Waals surface area contributed by atoms with Gasteiger partial charge in [0.05, 0.1) is 17.1 Å². The van der Waals surface area contributed by atoms with E-state index < -0.39 is 11.7 Å². The molecule has 6 nitrogen and oxygen atoms in total. The number of hydrogen-bond acceptors (Lipinski definition) is 4. The molecule has 0 bridgehead atoms. The zero-order chi connectivity index (χ0) is 22.0. The molecule has 2 aromatic rings. The molecular weight excluding hydrogens is 421 g/mol. The average Bonchev–Trinajstić information content (AvgIpc) is 2.97. The first-order valence-corrected chi connectivity index (χ1v) is 10.8. The number of amides is 2. The molecule has 0 unspecified atom stereocenters. The van der Waals surface area contributed by atoms with Crippen LogP contribution in [0.25, 0.3) is 0 Å². The maximum Gasteiger partial charge on any atom is 0.257 e. The highest BCUT2D eigenvalue weighted by molar-refractivity contribution is 6.31. The van der Waals surface area contributed by atoms with Crippen molar-refractivity contribution in [2.75, 3.05) is 39.3 Å². The lowest BCUT2D eigenvalue weighted by Gasteiger charge is -2.34. The van der Waals surface area contributed by atoms with Crippen LogP contribution >= 0.6 is 11.6 Å². The maximum atomic E-state index is 14.4. The molecule has 31 heavy (non-hydrogen) atoms. The molecule has 0 saturated carbocycles. The molecule has 0 atom stereocenters. The van der Waals surface area contributed by atoms with Gasteiger partial charge < -0.3 is 14.5 Å². The van der Waals surface area contributed by atoms with Gasteiger partial charge in [-0.2, -0.15) is 0 Å². The summed E-state index contributed by atoms with van der Waals surface area (Å²) in [7, 11) is 0. The Kier molecular flexibility index (Phi) is 6.43. The van der Waals surface area contributed by atoms with E-state index in [4.69, 9.17) is 16.3 Å². The summed E-state index contributed by atoms with van der Waals surface area (Å²) in [6.45, 7) is 6.52. The van der Waals surface area contributed by atoms with Crippen molar-refractivity contribution in [3.63, 3.8) is 0 Å². The lowest BCUT2D eigenvalue weighted by atomic mass is 10.1. The molecule has 164 valence electrons. The van der Waals surface area contributed by atoms with E-state index in [0.717, 1.165) is 49.6 Å². The largest absolute Gasteiger partial charge is 0.491 e. The highest BCUT2D eigenvalue weighted by Gasteiger charge is 2.25. The fraction of sp³-hybridized carbons (Fsp3) is 0.391. The van der Waals surface area contributed by atoms with Crippen molar-refractivity contribution in [1.29, 1.82) is 0 Å². The molecular formula is C23H25ClFN3O3. The summed E-state index contributed by atoms with van der Waals surface area (Å²) in [6, 6.07) is 10.5. The molecule has 0 radical (unpaired) electrons. The van der Waals surface area contributed by atoms with Crippen LogP contribution in [0.1, 0.15) is 28.4 Å². The molecule has 1 saturated heterocycles. The summed E-state index contributed by atoms with van der Waals surface area (Å²) in [5.41, 5.74) is 1.98. The van der Waals surface area contributed by atoms with E-state index in [9.17, 15) is 14.0 Å². The molecule has 0 aliphatic carbocycles. The SMILES string of the molecule is CC(=O)N1CCN(Cc2ccc3c(c2)CN(C(=O)c2cccc(Cl)c2F)CCO3)CC1. The van der Waals surface area contributed by atoms with Gasteiger partial charge in [-0.25, -0.2) is 4.39 Å². The highest BCUT2D eigenvalue weighted by Crippen LogP contribution is 2.27. The summed E-state index contributed by atoms with van der Waals surface area (Å²) in [4.78, 5) is 30.2. The van der Waals surface area contributed by atoms with Crippen molar-refractivity contribution >= 4 is 23.4 Å². The number of hydrogen-bond donors (Lipinski definition) is 0. The Hall–Kier alpha value is -2.64. The fourth-order valence-electron chi connectivity index (χ4n) is 4.04. The third-order valence-electron chi connectivity index (χ3n) is 5.80. The number of piperazine rings is 1. The van der Waals surface area contributed by atoms with Crippen molar-refractivity contribution in [3.05, 3.63) is 63.9 Å². The topological polar surface area (TPSA) is 53.1 Å². The van der Waals surface area contributed by atoms with Gasteiger partial charge in [0.15, 0.2) is 5.82 Å². The van der Waals surface area contributed by atoms with E-state index in [1.165, 1.54) is 12.1 Å². The number of benzene rings is 2. The Labute approximate surface area is 186 Å². The van der Waals surface area contributed by atoms with Crippen LogP contribution in [0.15, 0.2) is 36.4 Å². The third kappa shape index (κ3) is 4.83. The summed E-state index contributed by atoms with van der Waals surface area (Å²) < 4.78 is 20.2. The van der Waals surface area contributed by atoms with E-state index >= 15 is 0 Å². The van der Waals surface area contributed by atoms with Crippen molar-refractivity contribution in [1.82, 2.24) is 14.7 Å². The van der Waals surface area contributed by atoms with Gasteiger partial charge in [-0.3, -0.25) is 14.5 Å². The van der Waals surface area contributed by atoms with Crippen molar-refractivity contribution < 1.29 is 18.7 Å². The summed E-state index contributed by atoms with van der Waals surface area (Å²) in [6.07, 6.45) is 0. The lowest BCUT2D eigenvalue weighted by molar-refractivity contribution is -0.130. The molecule has 0 N–H and O–H groups in total. The Morgan fingerprint density at radius 2 is 1.84 bits per heavy atom. The van der Waals surface area contributed by atoms with E-state index in [1.54, 1.807) is 17.9 Å². The Morgan fingerprint density at radius 1 is 1.06 bits per heavy atom. The predicted molar refractivity (Wildman–Crippen MR) is 116 cm³/mol. The van der Waals surface area contributed by atoms with Crippen LogP contribution < -0.4 is 4.74 Å². The number of fused-ring (bicyclic) bond motifs is 1. The molecule has 2 heterocycles. The molecule has 8 heteroatoms. The maximum absolute atomic E-state index is 14.4. The molecule has 1 fully saturated rings. The Balaban J connectivity index is 1.47. The number of carbonyl (C=O) groups excluding carboxylic acids is 2. The van der Waals surface area contributed by atoms with Crippen molar-refractivity contribution in [3.8, 4) is 5.75 Å². The van der Waals surface area contributed by atoms with Gasteiger partial charge >= 0.3 is 0 Å². The van der Waals surface area contributed by atoms with E-state index in [0.29, 0.717) is 19.7 Å². The summed E-state index contributed by atoms with van der Waals surface area (Å²) in [5, 5.41) is -0.0653. The number of rotatable bonds is 3. The first-order chi connectivity index (χ1) is 14.9. The van der Waals surface area contributed by atoms with Gasteiger partial charge in [0, 0.05) is 51.8 Å². The Bertz CT molecular complexity index is 992. The van der Waals surface area contributed by atoms with Crippen LogP contribution in [0.4, 0.5) is 4.39 Å². The monoisotopic (exact) mass is 445 g/mol. The normalized spacial score (nSPS) is 17.0. The molecule has 0 spiro atoms. The summed E-state index contributed by atoms with van der Waals surface area (Å²) >= 11 is 5.85. The fourth-order valence-corrected chi connectivity index (χ4v) is 4.21. The molecule has 2 aliphatic rings. The second kappa shape index (κ2) is 9.24. The van der Waals surface area contributed by atoms with E-state index in [-0.39, 0.29) is 16.5 Å². The van der Waals surface area contributed by atoms with Crippen LogP contribution in [-0.4, -0.2) is 65.8 Å². The number of halogens is 2. The molecule has 2 aromatic carbocycles. The quantitative estimate of drug-likeness (QED) is 0.728. The van der Waals surface area contributed by atoms with Crippen LogP contribution in [0, 0.1) is 5.82 Å². The number of nitrogens with zero attached hydrogens (tertiary/aromatic N) is 3. The first-order valence-electron chi connectivity index (χ1n) is 10.4. The van der Waals surface area contributed by atoms with Gasteiger partial charge in [0.2, 0.25) is 5.91 Å². The molecule has 0 aromatic heterocycles. The molecule has 2 amide bonds. The van der Waals surface area contributed by atoms with Crippen LogP contribution in [-0.2, 0) is 17.9 Å². The van der Waals surface area contributed by atoms with Gasteiger partial charge in [0.1, 0.15) is 12.4 Å².